The summed E-state index contributed by atoms with van der Waals surface area (Å²) in [6, 6.07) is 7.52. The molecule has 0 saturated carbocycles. The van der Waals surface area contributed by atoms with Crippen LogP contribution >= 0.6 is 0 Å². The highest BCUT2D eigenvalue weighted by molar-refractivity contribution is 5.49. The molecule has 15 heavy (non-hydrogen) atoms. The van der Waals surface area contributed by atoms with Crippen molar-refractivity contribution in [1.82, 2.24) is 14.8 Å². The molecule has 1 heterocycles. The third-order valence-electron chi connectivity index (χ3n) is 1.95. The third kappa shape index (κ3) is 1.80. The summed E-state index contributed by atoms with van der Waals surface area (Å²) in [7, 11) is 0. The smallest absolute Gasteiger partial charge is 0.219 e. The predicted octanol–water partition coefficient (Wildman–Crippen LogP) is 2.31. The van der Waals surface area contributed by atoms with E-state index in [9.17, 15) is 4.91 Å². The molecule has 2 aromatic rings. The van der Waals surface area contributed by atoms with Crippen molar-refractivity contribution in [2.75, 3.05) is 0 Å². The first kappa shape index (κ1) is 9.26. The van der Waals surface area contributed by atoms with Gasteiger partial charge in [-0.2, -0.15) is 4.98 Å². The van der Waals surface area contributed by atoms with Crippen molar-refractivity contribution in [3.63, 3.8) is 0 Å². The summed E-state index contributed by atoms with van der Waals surface area (Å²) in [5.74, 6) is -0.0669. The number of nitroso groups, excluding NO2 is 1. The van der Waals surface area contributed by atoms with Gasteiger partial charge in [0.05, 0.1) is 5.69 Å². The molecule has 5 heteroatoms. The van der Waals surface area contributed by atoms with Crippen LogP contribution in [-0.2, 0) is 0 Å². The Balaban J connectivity index is 2.36. The minimum absolute atomic E-state index is 0.0669. The average Bonchev–Trinajstić information content (AvgIpc) is 2.78. The van der Waals surface area contributed by atoms with E-state index in [0.717, 1.165) is 11.3 Å². The second-order valence-corrected chi connectivity index (χ2v) is 2.88. The Labute approximate surface area is 86.1 Å². The van der Waals surface area contributed by atoms with E-state index in [4.69, 9.17) is 0 Å². The molecule has 0 aliphatic heterocycles. The number of benzene rings is 1. The fourth-order valence-corrected chi connectivity index (χ4v) is 1.18. The number of aromatic nitrogens is 3. The van der Waals surface area contributed by atoms with Crippen molar-refractivity contribution in [2.45, 2.75) is 0 Å². The summed E-state index contributed by atoms with van der Waals surface area (Å²) in [6.45, 7) is 3.66. The Bertz CT molecular complexity index is 486. The standard InChI is InChI=1S/C10H8N4O/c1-2-8-3-5-9(6-4-8)14-7-11-10(12-14)13-15/h2-7H,1H2. The molecule has 0 unspecified atom stereocenters. The summed E-state index contributed by atoms with van der Waals surface area (Å²) in [6.07, 6.45) is 3.20. The Kier molecular flexibility index (Phi) is 2.37. The maximum Gasteiger partial charge on any atom is 0.309 e. The van der Waals surface area contributed by atoms with Gasteiger partial charge in [0.25, 0.3) is 0 Å². The fourth-order valence-electron chi connectivity index (χ4n) is 1.18. The monoisotopic (exact) mass is 200 g/mol. The summed E-state index contributed by atoms with van der Waals surface area (Å²) in [4.78, 5) is 13.9. The maximum absolute atomic E-state index is 10.1. The van der Waals surface area contributed by atoms with Crippen LogP contribution in [0.25, 0.3) is 11.8 Å². The molecule has 1 aromatic carbocycles. The Morgan fingerprint density at radius 2 is 2.07 bits per heavy atom. The summed E-state index contributed by atoms with van der Waals surface area (Å²) in [5, 5.41) is 6.50. The van der Waals surface area contributed by atoms with Gasteiger partial charge < -0.3 is 0 Å². The van der Waals surface area contributed by atoms with Gasteiger partial charge in [0.15, 0.2) is 0 Å². The van der Waals surface area contributed by atoms with Gasteiger partial charge in [0.2, 0.25) is 0 Å². The minimum Gasteiger partial charge on any atom is -0.219 e. The molecule has 0 fully saturated rings. The van der Waals surface area contributed by atoms with Crippen LogP contribution in [0, 0.1) is 4.91 Å². The lowest BCUT2D eigenvalue weighted by Crippen LogP contribution is -1.93. The molecule has 74 valence electrons. The van der Waals surface area contributed by atoms with Gasteiger partial charge in [-0.3, -0.25) is 0 Å². The lowest BCUT2D eigenvalue weighted by molar-refractivity contribution is 0.878. The first-order valence-corrected chi connectivity index (χ1v) is 4.31. The van der Waals surface area contributed by atoms with Gasteiger partial charge in [0.1, 0.15) is 6.33 Å². The van der Waals surface area contributed by atoms with Crippen LogP contribution in [-0.4, -0.2) is 14.8 Å². The second-order valence-electron chi connectivity index (χ2n) is 2.88. The number of rotatable bonds is 3. The molecule has 0 atom stereocenters. The van der Waals surface area contributed by atoms with Crippen molar-refractivity contribution in [3.8, 4) is 5.69 Å². The lowest BCUT2D eigenvalue weighted by atomic mass is 10.2. The van der Waals surface area contributed by atoms with Crippen LogP contribution in [0.2, 0.25) is 0 Å². The molecule has 0 spiro atoms. The normalized spacial score (nSPS) is 9.87. The van der Waals surface area contributed by atoms with E-state index in [1.807, 2.05) is 24.3 Å². The molecule has 1 aromatic heterocycles. The van der Waals surface area contributed by atoms with E-state index in [-0.39, 0.29) is 5.95 Å². The Hall–Kier alpha value is -2.30. The van der Waals surface area contributed by atoms with Gasteiger partial charge in [-0.1, -0.05) is 24.8 Å². The van der Waals surface area contributed by atoms with Crippen molar-refractivity contribution in [2.24, 2.45) is 5.18 Å². The van der Waals surface area contributed by atoms with E-state index in [1.54, 1.807) is 6.08 Å². The van der Waals surface area contributed by atoms with Crippen molar-refractivity contribution in [1.29, 1.82) is 0 Å². The summed E-state index contributed by atoms with van der Waals surface area (Å²) >= 11 is 0. The quantitative estimate of drug-likeness (QED) is 0.714. The SMILES string of the molecule is C=Cc1ccc(-n2cnc(N=O)n2)cc1. The maximum atomic E-state index is 10.1. The highest BCUT2D eigenvalue weighted by Gasteiger charge is 2.01. The van der Waals surface area contributed by atoms with Crippen LogP contribution < -0.4 is 0 Å². The molecule has 0 radical (unpaired) electrons. The number of hydrogen-bond acceptors (Lipinski definition) is 4. The zero-order valence-electron chi connectivity index (χ0n) is 7.87. The molecule has 0 aliphatic rings. The lowest BCUT2D eigenvalue weighted by Gasteiger charge is -1.99. The van der Waals surface area contributed by atoms with E-state index >= 15 is 0 Å². The number of nitrogens with zero attached hydrogens (tertiary/aromatic N) is 4. The van der Waals surface area contributed by atoms with Crippen LogP contribution in [0.1, 0.15) is 5.56 Å². The zero-order chi connectivity index (χ0) is 10.7. The van der Waals surface area contributed by atoms with E-state index < -0.39 is 0 Å². The van der Waals surface area contributed by atoms with Crippen LogP contribution in [0.4, 0.5) is 5.95 Å². The molecular weight excluding hydrogens is 192 g/mol. The summed E-state index contributed by atoms with van der Waals surface area (Å²) in [5.41, 5.74) is 1.84. The molecule has 0 aliphatic carbocycles. The van der Waals surface area contributed by atoms with Gasteiger partial charge in [-0.05, 0) is 17.7 Å². The largest absolute Gasteiger partial charge is 0.309 e. The zero-order valence-corrected chi connectivity index (χ0v) is 7.87. The highest BCUT2D eigenvalue weighted by atomic mass is 16.3. The van der Waals surface area contributed by atoms with Gasteiger partial charge in [0, 0.05) is 5.18 Å². The first-order valence-electron chi connectivity index (χ1n) is 4.31. The van der Waals surface area contributed by atoms with Crippen LogP contribution in [0.3, 0.4) is 0 Å². The van der Waals surface area contributed by atoms with Crippen molar-refractivity contribution >= 4 is 12.0 Å². The Morgan fingerprint density at radius 1 is 1.33 bits per heavy atom. The topological polar surface area (TPSA) is 60.1 Å². The Morgan fingerprint density at radius 3 is 2.60 bits per heavy atom. The molecule has 0 N–H and O–H groups in total. The predicted molar refractivity (Wildman–Crippen MR) is 56.9 cm³/mol. The second kappa shape index (κ2) is 3.83. The number of hydrogen-bond donors (Lipinski definition) is 0. The first-order chi connectivity index (χ1) is 7.33. The van der Waals surface area contributed by atoms with Gasteiger partial charge >= 0.3 is 5.95 Å². The molecule has 0 saturated heterocycles. The van der Waals surface area contributed by atoms with Gasteiger partial charge in [-0.25, -0.2) is 4.68 Å². The highest BCUT2D eigenvalue weighted by Crippen LogP contribution is 2.11. The van der Waals surface area contributed by atoms with Gasteiger partial charge in [-0.15, -0.1) is 10.0 Å². The van der Waals surface area contributed by atoms with Crippen molar-refractivity contribution in [3.05, 3.63) is 47.6 Å². The average molecular weight is 200 g/mol. The van der Waals surface area contributed by atoms with E-state index in [0.29, 0.717) is 0 Å². The molecule has 2 rings (SSSR count). The molecule has 0 amide bonds. The third-order valence-corrected chi connectivity index (χ3v) is 1.95. The molecular formula is C10H8N4O. The van der Waals surface area contributed by atoms with Crippen LogP contribution in [0.15, 0.2) is 42.3 Å². The fraction of sp³-hybridized carbons (Fsp3) is 0. The van der Waals surface area contributed by atoms with E-state index in [2.05, 4.69) is 21.8 Å². The molecule has 0 bridgehead atoms. The minimum atomic E-state index is -0.0669. The van der Waals surface area contributed by atoms with E-state index in [1.165, 1.54) is 11.0 Å². The van der Waals surface area contributed by atoms with Crippen molar-refractivity contribution < 1.29 is 0 Å². The van der Waals surface area contributed by atoms with Crippen LogP contribution in [0.5, 0.6) is 0 Å². The summed E-state index contributed by atoms with van der Waals surface area (Å²) < 4.78 is 1.49. The molecule has 5 nitrogen and oxygen atoms in total.